The molecular formula is C21H17Cl2NO3. The first kappa shape index (κ1) is 19.1. The third kappa shape index (κ3) is 4.94. The molecule has 0 saturated carbocycles. The summed E-state index contributed by atoms with van der Waals surface area (Å²) in [5, 5.41) is 13.9. The summed E-state index contributed by atoms with van der Waals surface area (Å²) in [6, 6.07) is 21.3. The number of ether oxygens (including phenoxy) is 1. The van der Waals surface area contributed by atoms with Crippen LogP contribution in [0, 0.1) is 0 Å². The number of benzene rings is 3. The quantitative estimate of drug-likeness (QED) is 0.524. The van der Waals surface area contributed by atoms with Gasteiger partial charge in [-0.15, -0.1) is 0 Å². The number of rotatable bonds is 7. The largest absolute Gasteiger partial charge is 0.478 e. The predicted octanol–water partition coefficient (Wildman–Crippen LogP) is 5.81. The first-order chi connectivity index (χ1) is 13.0. The third-order valence-electron chi connectivity index (χ3n) is 3.97. The van der Waals surface area contributed by atoms with Crippen molar-refractivity contribution in [2.45, 2.75) is 12.6 Å². The summed E-state index contributed by atoms with van der Waals surface area (Å²) in [6.45, 7) is 0.473. The second kappa shape index (κ2) is 8.80. The Bertz CT molecular complexity index is 894. The molecule has 4 nitrogen and oxygen atoms in total. The molecule has 2 N–H and O–H groups in total. The molecule has 3 aromatic rings. The zero-order valence-corrected chi connectivity index (χ0v) is 15.7. The Morgan fingerprint density at radius 2 is 1.56 bits per heavy atom. The molecule has 1 atom stereocenters. The highest BCUT2D eigenvalue weighted by Gasteiger charge is 2.21. The van der Waals surface area contributed by atoms with E-state index in [1.54, 1.807) is 54.6 Å². The van der Waals surface area contributed by atoms with Gasteiger partial charge in [-0.05, 0) is 36.4 Å². The monoisotopic (exact) mass is 401 g/mol. The summed E-state index contributed by atoms with van der Waals surface area (Å²) in [4.78, 5) is 11.5. The summed E-state index contributed by atoms with van der Waals surface area (Å²) < 4.78 is 5.65. The zero-order chi connectivity index (χ0) is 19.2. The van der Waals surface area contributed by atoms with E-state index in [2.05, 4.69) is 5.32 Å². The summed E-state index contributed by atoms with van der Waals surface area (Å²) in [7, 11) is 0. The highest BCUT2D eigenvalue weighted by molar-refractivity contribution is 6.36. The van der Waals surface area contributed by atoms with Gasteiger partial charge in [0, 0.05) is 33.4 Å². The van der Waals surface area contributed by atoms with E-state index in [1.807, 2.05) is 18.2 Å². The lowest BCUT2D eigenvalue weighted by molar-refractivity contribution is -0.145. The second-order valence-electron chi connectivity index (χ2n) is 5.82. The summed E-state index contributed by atoms with van der Waals surface area (Å²) in [6.07, 6.45) is -1.06. The van der Waals surface area contributed by atoms with E-state index in [0.29, 0.717) is 27.9 Å². The second-order valence-corrected chi connectivity index (χ2v) is 6.64. The van der Waals surface area contributed by atoms with Crippen molar-refractivity contribution in [2.75, 3.05) is 5.32 Å². The highest BCUT2D eigenvalue weighted by atomic mass is 35.5. The smallest absolute Gasteiger partial charge is 0.349 e. The minimum atomic E-state index is -1.06. The number of halogens is 2. The first-order valence-electron chi connectivity index (χ1n) is 8.26. The first-order valence-corrected chi connectivity index (χ1v) is 9.01. The van der Waals surface area contributed by atoms with Crippen molar-refractivity contribution in [3.05, 3.63) is 94.0 Å². The van der Waals surface area contributed by atoms with Gasteiger partial charge in [0.25, 0.3) is 0 Å². The van der Waals surface area contributed by atoms with E-state index in [1.165, 1.54) is 0 Å². The Kier molecular flexibility index (Phi) is 6.22. The normalized spacial score (nSPS) is 11.6. The van der Waals surface area contributed by atoms with Crippen LogP contribution in [0.5, 0.6) is 5.75 Å². The molecule has 0 spiro atoms. The highest BCUT2D eigenvalue weighted by Crippen LogP contribution is 2.27. The average Bonchev–Trinajstić information content (AvgIpc) is 2.67. The molecule has 1 unspecified atom stereocenters. The molecule has 0 saturated heterocycles. The molecule has 0 radical (unpaired) electrons. The topological polar surface area (TPSA) is 58.6 Å². The zero-order valence-electron chi connectivity index (χ0n) is 14.2. The molecule has 138 valence electrons. The molecule has 0 aliphatic rings. The van der Waals surface area contributed by atoms with Crippen molar-refractivity contribution in [2.24, 2.45) is 0 Å². The van der Waals surface area contributed by atoms with Crippen LogP contribution in [0.15, 0.2) is 72.8 Å². The SMILES string of the molecule is O=C(O)C(Oc1ccc(NCc2c(Cl)cccc2Cl)cc1)c1ccccc1. The van der Waals surface area contributed by atoms with Crippen molar-refractivity contribution in [3.8, 4) is 5.75 Å². The summed E-state index contributed by atoms with van der Waals surface area (Å²) in [5.41, 5.74) is 2.24. The molecule has 27 heavy (non-hydrogen) atoms. The molecule has 0 heterocycles. The van der Waals surface area contributed by atoms with E-state index in [-0.39, 0.29) is 0 Å². The van der Waals surface area contributed by atoms with Crippen molar-refractivity contribution in [1.29, 1.82) is 0 Å². The molecule has 0 amide bonds. The van der Waals surface area contributed by atoms with Gasteiger partial charge in [-0.2, -0.15) is 0 Å². The van der Waals surface area contributed by atoms with Crippen LogP contribution in [-0.2, 0) is 11.3 Å². The number of hydrogen-bond donors (Lipinski definition) is 2. The lowest BCUT2D eigenvalue weighted by Crippen LogP contribution is -2.18. The van der Waals surface area contributed by atoms with Gasteiger partial charge in [0.05, 0.1) is 0 Å². The van der Waals surface area contributed by atoms with Crippen LogP contribution in [0.2, 0.25) is 10.0 Å². The number of carboxylic acids is 1. The number of aliphatic carboxylic acids is 1. The predicted molar refractivity (Wildman–Crippen MR) is 108 cm³/mol. The number of nitrogens with one attached hydrogen (secondary N) is 1. The third-order valence-corrected chi connectivity index (χ3v) is 4.67. The molecular weight excluding hydrogens is 385 g/mol. The Labute approximate surface area is 167 Å². The van der Waals surface area contributed by atoms with Crippen LogP contribution in [-0.4, -0.2) is 11.1 Å². The molecule has 3 aromatic carbocycles. The van der Waals surface area contributed by atoms with Crippen LogP contribution in [0.3, 0.4) is 0 Å². The minimum Gasteiger partial charge on any atom is -0.478 e. The standard InChI is InChI=1S/C21H17Cl2NO3/c22-18-7-4-8-19(23)17(18)13-24-15-9-11-16(12-10-15)27-20(21(25)26)14-5-2-1-3-6-14/h1-12,20,24H,13H2,(H,25,26). The summed E-state index contributed by atoms with van der Waals surface area (Å²) >= 11 is 12.3. The molecule has 0 aliphatic carbocycles. The molecule has 3 rings (SSSR count). The number of carbonyl (C=O) groups is 1. The molecule has 0 bridgehead atoms. The molecule has 6 heteroatoms. The lowest BCUT2D eigenvalue weighted by atomic mass is 10.1. The van der Waals surface area contributed by atoms with E-state index in [0.717, 1.165) is 11.3 Å². The van der Waals surface area contributed by atoms with Gasteiger partial charge in [0.1, 0.15) is 5.75 Å². The van der Waals surface area contributed by atoms with Crippen LogP contribution < -0.4 is 10.1 Å². The number of hydrogen-bond acceptors (Lipinski definition) is 3. The Morgan fingerprint density at radius 1 is 0.926 bits per heavy atom. The molecule has 0 fully saturated rings. The maximum Gasteiger partial charge on any atom is 0.349 e. The van der Waals surface area contributed by atoms with Gasteiger partial charge in [-0.1, -0.05) is 59.6 Å². The Hall–Kier alpha value is -2.69. The van der Waals surface area contributed by atoms with Crippen molar-refractivity contribution in [3.63, 3.8) is 0 Å². The molecule has 0 aliphatic heterocycles. The van der Waals surface area contributed by atoms with Crippen LogP contribution in [0.25, 0.3) is 0 Å². The van der Waals surface area contributed by atoms with Crippen LogP contribution in [0.1, 0.15) is 17.2 Å². The number of anilines is 1. The molecule has 0 aromatic heterocycles. The van der Waals surface area contributed by atoms with E-state index in [9.17, 15) is 9.90 Å². The van der Waals surface area contributed by atoms with Gasteiger partial charge in [-0.25, -0.2) is 4.79 Å². The lowest BCUT2D eigenvalue weighted by Gasteiger charge is -2.16. The Morgan fingerprint density at radius 3 is 2.15 bits per heavy atom. The van der Waals surface area contributed by atoms with Crippen LogP contribution >= 0.6 is 23.2 Å². The van der Waals surface area contributed by atoms with Gasteiger partial charge in [0.15, 0.2) is 0 Å². The minimum absolute atomic E-state index is 0.465. The average molecular weight is 402 g/mol. The van der Waals surface area contributed by atoms with Crippen molar-refractivity contribution < 1.29 is 14.6 Å². The fourth-order valence-corrected chi connectivity index (χ4v) is 3.10. The van der Waals surface area contributed by atoms with Crippen molar-refractivity contribution in [1.82, 2.24) is 0 Å². The fraction of sp³-hybridized carbons (Fsp3) is 0.0952. The van der Waals surface area contributed by atoms with Gasteiger partial charge < -0.3 is 15.2 Å². The van der Waals surface area contributed by atoms with E-state index in [4.69, 9.17) is 27.9 Å². The van der Waals surface area contributed by atoms with Gasteiger partial charge in [-0.3, -0.25) is 0 Å². The van der Waals surface area contributed by atoms with Crippen molar-refractivity contribution >= 4 is 34.9 Å². The van der Waals surface area contributed by atoms with Gasteiger partial charge in [0.2, 0.25) is 6.10 Å². The van der Waals surface area contributed by atoms with Gasteiger partial charge >= 0.3 is 5.97 Å². The fourth-order valence-electron chi connectivity index (χ4n) is 2.57. The van der Waals surface area contributed by atoms with E-state index < -0.39 is 12.1 Å². The number of carboxylic acid groups (broad SMARTS) is 1. The van der Waals surface area contributed by atoms with Crippen LogP contribution in [0.4, 0.5) is 5.69 Å². The van der Waals surface area contributed by atoms with E-state index >= 15 is 0 Å². The maximum absolute atomic E-state index is 11.5. The summed E-state index contributed by atoms with van der Waals surface area (Å²) in [5.74, 6) is -0.579. The Balaban J connectivity index is 1.67. The maximum atomic E-state index is 11.5.